The molecule has 5 aliphatic heterocycles. The summed E-state index contributed by atoms with van der Waals surface area (Å²) in [6.45, 7) is 3.49. The second-order valence-electron chi connectivity index (χ2n) is 10.2. The number of piperidine rings is 1. The minimum Gasteiger partial charge on any atom is -0.464 e. The van der Waals surface area contributed by atoms with E-state index in [1.165, 1.54) is 44.3 Å². The number of fused-ring (bicyclic) bond motifs is 8. The molecule has 1 aliphatic carbocycles. The van der Waals surface area contributed by atoms with Crippen molar-refractivity contribution >= 4 is 5.91 Å². The Morgan fingerprint density at radius 1 is 1.00 bits per heavy atom. The van der Waals surface area contributed by atoms with Gasteiger partial charge in [-0.05, 0) is 82.0 Å². The molecule has 1 aromatic rings. The number of nitrogens with zero attached hydrogens (tertiary/aromatic N) is 2. The number of hydrogen-bond acceptors (Lipinski definition) is 3. The molecule has 1 aromatic heterocycles. The van der Waals surface area contributed by atoms with Gasteiger partial charge >= 0.3 is 0 Å². The zero-order chi connectivity index (χ0) is 20.1. The van der Waals surface area contributed by atoms with Crippen molar-refractivity contribution in [2.24, 2.45) is 5.41 Å². The third-order valence-electron chi connectivity index (χ3n) is 8.41. The first kappa shape index (κ1) is 18.9. The van der Waals surface area contributed by atoms with E-state index in [0.29, 0.717) is 18.2 Å². The minimum absolute atomic E-state index is 0.134. The molecule has 0 N–H and O–H groups in total. The molecule has 7 rings (SSSR count). The van der Waals surface area contributed by atoms with E-state index in [2.05, 4.69) is 40.2 Å². The number of rotatable bonds is 0. The van der Waals surface area contributed by atoms with Gasteiger partial charge in [0.15, 0.2) is 0 Å². The Morgan fingerprint density at radius 3 is 2.87 bits per heavy atom. The Bertz CT molecular complexity index is 884. The number of allylic oxidation sites excluding steroid dienone is 3. The molecule has 2 fully saturated rings. The number of carbonyl (C=O) groups is 1. The first-order valence-corrected chi connectivity index (χ1v) is 12.2. The number of hydrogen-bond donors (Lipinski definition) is 0. The predicted molar refractivity (Wildman–Crippen MR) is 117 cm³/mol. The highest BCUT2D eigenvalue weighted by molar-refractivity contribution is 5.78. The quantitative estimate of drug-likeness (QED) is 0.561. The van der Waals surface area contributed by atoms with E-state index in [9.17, 15) is 4.79 Å². The highest BCUT2D eigenvalue weighted by Gasteiger charge is 2.65. The van der Waals surface area contributed by atoms with Gasteiger partial charge in [0.05, 0.1) is 12.1 Å². The zero-order valence-corrected chi connectivity index (χ0v) is 18.0. The molecule has 1 unspecified atom stereocenters. The number of amides is 1. The summed E-state index contributed by atoms with van der Waals surface area (Å²) >= 11 is 0. The molecule has 6 heterocycles. The first-order chi connectivity index (χ1) is 14.8. The number of aryl methyl sites for hydroxylation is 1. The highest BCUT2D eigenvalue weighted by atomic mass is 16.3. The molecule has 160 valence electrons. The molecular weight excluding hydrogens is 372 g/mol. The highest BCUT2D eigenvalue weighted by Crippen LogP contribution is 2.67. The van der Waals surface area contributed by atoms with Crippen LogP contribution in [0.15, 0.2) is 34.8 Å². The fourth-order valence-electron chi connectivity index (χ4n) is 7.19. The Hall–Kier alpha value is -1.81. The summed E-state index contributed by atoms with van der Waals surface area (Å²) in [5, 5.41) is 0. The lowest BCUT2D eigenvalue weighted by atomic mass is 9.68. The van der Waals surface area contributed by atoms with E-state index in [1.807, 2.05) is 0 Å². The Morgan fingerprint density at radius 2 is 1.90 bits per heavy atom. The second kappa shape index (κ2) is 7.40. The van der Waals surface area contributed by atoms with E-state index in [-0.39, 0.29) is 17.5 Å². The van der Waals surface area contributed by atoms with Crippen molar-refractivity contribution in [3.05, 3.63) is 47.5 Å². The monoisotopic (exact) mass is 406 g/mol. The molecule has 1 amide bonds. The molecule has 30 heavy (non-hydrogen) atoms. The van der Waals surface area contributed by atoms with Crippen LogP contribution in [-0.4, -0.2) is 41.4 Å². The van der Waals surface area contributed by atoms with Gasteiger partial charge in [-0.25, -0.2) is 0 Å². The maximum atomic E-state index is 13.3. The maximum Gasteiger partial charge on any atom is 0.223 e. The smallest absolute Gasteiger partial charge is 0.223 e. The summed E-state index contributed by atoms with van der Waals surface area (Å²) in [6, 6.07) is 2.74. The molecule has 0 aromatic carbocycles. The van der Waals surface area contributed by atoms with Gasteiger partial charge < -0.3 is 14.2 Å². The Kier molecular flexibility index (Phi) is 4.67. The van der Waals surface area contributed by atoms with E-state index >= 15 is 0 Å². The average Bonchev–Trinajstić information content (AvgIpc) is 3.32. The lowest BCUT2D eigenvalue weighted by Crippen LogP contribution is -2.48. The van der Waals surface area contributed by atoms with Gasteiger partial charge in [0.1, 0.15) is 11.5 Å². The molecule has 1 spiro atoms. The van der Waals surface area contributed by atoms with Crippen LogP contribution in [0.25, 0.3) is 0 Å². The van der Waals surface area contributed by atoms with Crippen molar-refractivity contribution in [1.29, 1.82) is 0 Å². The fraction of sp³-hybridized carbons (Fsp3) is 0.654. The number of carbonyl (C=O) groups excluding carboxylic acids is 1. The van der Waals surface area contributed by atoms with Crippen LogP contribution in [0.4, 0.5) is 0 Å². The van der Waals surface area contributed by atoms with Crippen molar-refractivity contribution in [1.82, 2.24) is 9.80 Å². The molecule has 0 radical (unpaired) electrons. The minimum atomic E-state index is 0.134. The Balaban J connectivity index is 1.45. The van der Waals surface area contributed by atoms with E-state index in [1.54, 1.807) is 0 Å². The molecule has 0 saturated carbocycles. The molecule has 6 aliphatic rings. The van der Waals surface area contributed by atoms with E-state index in [0.717, 1.165) is 50.2 Å². The maximum absolute atomic E-state index is 13.3. The summed E-state index contributed by atoms with van der Waals surface area (Å²) in [6.07, 6.45) is 20.1. The van der Waals surface area contributed by atoms with Gasteiger partial charge in [-0.15, -0.1) is 0 Å². The van der Waals surface area contributed by atoms with Crippen LogP contribution >= 0.6 is 0 Å². The lowest BCUT2D eigenvalue weighted by molar-refractivity contribution is -0.135. The van der Waals surface area contributed by atoms with Crippen LogP contribution in [0.3, 0.4) is 0 Å². The molecule has 4 nitrogen and oxygen atoms in total. The summed E-state index contributed by atoms with van der Waals surface area (Å²) in [4.78, 5) is 18.3. The zero-order valence-electron chi connectivity index (χ0n) is 18.0. The van der Waals surface area contributed by atoms with Crippen LogP contribution in [0.1, 0.15) is 86.8 Å². The van der Waals surface area contributed by atoms with E-state index in [4.69, 9.17) is 4.42 Å². The van der Waals surface area contributed by atoms with Crippen LogP contribution in [0.2, 0.25) is 0 Å². The van der Waals surface area contributed by atoms with Crippen molar-refractivity contribution < 1.29 is 9.21 Å². The van der Waals surface area contributed by atoms with Gasteiger partial charge in [-0.3, -0.25) is 4.79 Å². The number of furan rings is 1. The van der Waals surface area contributed by atoms with Crippen molar-refractivity contribution in [2.75, 3.05) is 19.6 Å². The van der Waals surface area contributed by atoms with Crippen LogP contribution in [0.5, 0.6) is 0 Å². The van der Waals surface area contributed by atoms with Gasteiger partial charge in [0.25, 0.3) is 0 Å². The summed E-state index contributed by atoms with van der Waals surface area (Å²) < 4.78 is 6.59. The van der Waals surface area contributed by atoms with Crippen LogP contribution in [-0.2, 0) is 11.2 Å². The van der Waals surface area contributed by atoms with Crippen molar-refractivity contribution in [2.45, 2.75) is 82.2 Å². The van der Waals surface area contributed by atoms with Gasteiger partial charge in [-0.2, -0.15) is 0 Å². The third kappa shape index (κ3) is 2.86. The van der Waals surface area contributed by atoms with Gasteiger partial charge in [-0.1, -0.05) is 24.3 Å². The largest absolute Gasteiger partial charge is 0.464 e. The fourth-order valence-corrected chi connectivity index (χ4v) is 7.19. The van der Waals surface area contributed by atoms with Crippen LogP contribution < -0.4 is 0 Å². The SMILES string of the molecule is O=C1CCC/C=C\[C@@H]2C[C@]34CN5CCCC/C=C\CCc6cc(c(o6)[C@H]3N12)[C@H]4CC5. The first-order valence-electron chi connectivity index (χ1n) is 12.2. The standard InChI is InChI=1S/C26H34N2O2/c29-23-12-8-5-6-10-19-17-26-18-27-14-9-4-2-1-3-7-11-20-16-21(22(26)13-15-27)24(30-20)25(26)28(19)23/h1,3,6,10,16,19,22,25H,2,4-5,7-9,11-15,17-18H2/b3-1-,10-6-/t19-,22-,25-,26-/m1/s1. The van der Waals surface area contributed by atoms with E-state index < -0.39 is 0 Å². The van der Waals surface area contributed by atoms with Crippen LogP contribution in [0, 0.1) is 5.41 Å². The third-order valence-corrected chi connectivity index (χ3v) is 8.41. The molecule has 4 heteroatoms. The lowest BCUT2D eigenvalue weighted by Gasteiger charge is -2.45. The summed E-state index contributed by atoms with van der Waals surface area (Å²) in [7, 11) is 0. The molecule has 2 saturated heterocycles. The topological polar surface area (TPSA) is 36.7 Å². The predicted octanol–water partition coefficient (Wildman–Crippen LogP) is 5.12. The summed E-state index contributed by atoms with van der Waals surface area (Å²) in [5.41, 5.74) is 1.57. The Labute approximate surface area is 180 Å². The van der Waals surface area contributed by atoms with Gasteiger partial charge in [0.2, 0.25) is 5.91 Å². The average molecular weight is 407 g/mol. The molecule has 6 bridgehead atoms. The second-order valence-corrected chi connectivity index (χ2v) is 10.2. The molecule has 5 atom stereocenters. The summed E-state index contributed by atoms with van der Waals surface area (Å²) in [5.74, 6) is 3.14. The van der Waals surface area contributed by atoms with Gasteiger partial charge in [0, 0.05) is 24.8 Å². The normalized spacial score (nSPS) is 40.3. The molecular formula is C26H34N2O2. The van der Waals surface area contributed by atoms with Crippen molar-refractivity contribution in [3.63, 3.8) is 0 Å². The van der Waals surface area contributed by atoms with Crippen molar-refractivity contribution in [3.8, 4) is 0 Å².